The van der Waals surface area contributed by atoms with Gasteiger partial charge in [0, 0.05) is 38.0 Å². The van der Waals surface area contributed by atoms with Gasteiger partial charge in [-0.25, -0.2) is 0 Å². The van der Waals surface area contributed by atoms with Crippen molar-refractivity contribution in [3.8, 4) is 0 Å². The Kier molecular flexibility index (Phi) is 12.5. The molecule has 1 saturated heterocycles. The number of nitrogens with one attached hydrogen (secondary N) is 1. The Morgan fingerprint density at radius 3 is 2.21 bits per heavy atom. The van der Waals surface area contributed by atoms with Gasteiger partial charge in [0.25, 0.3) is 0 Å². The van der Waals surface area contributed by atoms with E-state index in [1.807, 2.05) is 13.8 Å². The summed E-state index contributed by atoms with van der Waals surface area (Å²) in [4.78, 5) is 14.1. The van der Waals surface area contributed by atoms with Gasteiger partial charge in [-0.05, 0) is 25.8 Å². The maximum atomic E-state index is 11.5. The molecule has 2 fully saturated rings. The fourth-order valence-electron chi connectivity index (χ4n) is 3.73. The second-order valence-corrected chi connectivity index (χ2v) is 7.90. The molecule has 0 unspecified atom stereocenters. The standard InChI is InChI=1S/C11H24N2.C10H18O/c1-2-3-4-5-6-9-13-10-7-12-8-11-13;1-8(2)10(11)9-6-4-3-5-7-9/h12H,2-11H2,1H3;8-9H,3-7H2,1-2H3. The van der Waals surface area contributed by atoms with Crippen LogP contribution in [0.5, 0.6) is 0 Å². The maximum Gasteiger partial charge on any atom is 0.138 e. The van der Waals surface area contributed by atoms with Crippen molar-refractivity contribution in [2.24, 2.45) is 11.8 Å². The highest BCUT2D eigenvalue weighted by Crippen LogP contribution is 2.26. The number of carbonyl (C=O) groups excluding carboxylic acids is 1. The number of nitrogens with zero attached hydrogens (tertiary/aromatic N) is 1. The summed E-state index contributed by atoms with van der Waals surface area (Å²) in [6, 6.07) is 0. The van der Waals surface area contributed by atoms with Crippen molar-refractivity contribution in [2.45, 2.75) is 85.0 Å². The molecule has 1 aliphatic heterocycles. The smallest absolute Gasteiger partial charge is 0.138 e. The first-order chi connectivity index (χ1) is 11.6. The van der Waals surface area contributed by atoms with E-state index in [0.29, 0.717) is 11.7 Å². The summed E-state index contributed by atoms with van der Waals surface area (Å²) in [7, 11) is 0. The molecular weight excluding hydrogens is 296 g/mol. The third-order valence-electron chi connectivity index (χ3n) is 5.36. The highest BCUT2D eigenvalue weighted by atomic mass is 16.1. The van der Waals surface area contributed by atoms with Crippen LogP contribution in [0.2, 0.25) is 0 Å². The first-order valence-electron chi connectivity index (χ1n) is 10.6. The molecule has 0 aromatic carbocycles. The molecule has 1 N–H and O–H groups in total. The lowest BCUT2D eigenvalue weighted by Crippen LogP contribution is -2.43. The lowest BCUT2D eigenvalue weighted by molar-refractivity contribution is -0.126. The van der Waals surface area contributed by atoms with Gasteiger partial charge >= 0.3 is 0 Å². The van der Waals surface area contributed by atoms with Crippen molar-refractivity contribution < 1.29 is 4.79 Å². The molecule has 3 heteroatoms. The Morgan fingerprint density at radius 1 is 1.00 bits per heavy atom. The molecular formula is C21H42N2O. The van der Waals surface area contributed by atoms with Crippen molar-refractivity contribution in [3.05, 3.63) is 0 Å². The first kappa shape index (κ1) is 21.6. The van der Waals surface area contributed by atoms with E-state index in [4.69, 9.17) is 0 Å². The molecule has 0 aromatic heterocycles. The van der Waals surface area contributed by atoms with Gasteiger partial charge in [-0.3, -0.25) is 4.79 Å². The van der Waals surface area contributed by atoms with Crippen LogP contribution >= 0.6 is 0 Å². The fraction of sp³-hybridized carbons (Fsp3) is 0.952. The molecule has 0 bridgehead atoms. The molecule has 1 heterocycles. The third kappa shape index (κ3) is 9.78. The minimum Gasteiger partial charge on any atom is -0.314 e. The number of ketones is 1. The van der Waals surface area contributed by atoms with Gasteiger partial charge < -0.3 is 10.2 Å². The van der Waals surface area contributed by atoms with Crippen LogP contribution in [-0.2, 0) is 4.79 Å². The average molecular weight is 339 g/mol. The molecule has 0 spiro atoms. The van der Waals surface area contributed by atoms with E-state index >= 15 is 0 Å². The zero-order valence-electron chi connectivity index (χ0n) is 16.6. The number of carbonyl (C=O) groups is 1. The van der Waals surface area contributed by atoms with Crippen LogP contribution in [0.1, 0.15) is 85.0 Å². The summed E-state index contributed by atoms with van der Waals surface area (Å²) in [6.45, 7) is 12.5. The third-order valence-corrected chi connectivity index (χ3v) is 5.36. The number of hydrogen-bond acceptors (Lipinski definition) is 3. The predicted octanol–water partition coefficient (Wildman–Crippen LogP) is 4.65. The van der Waals surface area contributed by atoms with Crippen LogP contribution in [0.25, 0.3) is 0 Å². The lowest BCUT2D eigenvalue weighted by atomic mass is 9.83. The Hall–Kier alpha value is -0.410. The molecule has 1 saturated carbocycles. The van der Waals surface area contributed by atoms with Crippen LogP contribution in [0, 0.1) is 11.8 Å². The molecule has 1 aliphatic carbocycles. The van der Waals surface area contributed by atoms with Crippen LogP contribution in [-0.4, -0.2) is 43.4 Å². The first-order valence-corrected chi connectivity index (χ1v) is 10.6. The van der Waals surface area contributed by atoms with Gasteiger partial charge in [0.05, 0.1) is 0 Å². The Bertz CT molecular complexity index is 305. The number of rotatable bonds is 8. The number of unbranched alkanes of at least 4 members (excludes halogenated alkanes) is 4. The summed E-state index contributed by atoms with van der Waals surface area (Å²) < 4.78 is 0. The number of hydrogen-bond donors (Lipinski definition) is 1. The van der Waals surface area contributed by atoms with E-state index in [2.05, 4.69) is 17.1 Å². The fourth-order valence-corrected chi connectivity index (χ4v) is 3.73. The molecule has 0 aromatic rings. The molecule has 0 radical (unpaired) electrons. The summed E-state index contributed by atoms with van der Waals surface area (Å²) in [5.41, 5.74) is 0. The molecule has 0 atom stereocenters. The van der Waals surface area contributed by atoms with E-state index < -0.39 is 0 Å². The second-order valence-electron chi connectivity index (χ2n) is 7.90. The van der Waals surface area contributed by atoms with Gasteiger partial charge in [0.1, 0.15) is 5.78 Å². The van der Waals surface area contributed by atoms with E-state index in [1.165, 1.54) is 84.1 Å². The molecule has 2 aliphatic rings. The maximum absolute atomic E-state index is 11.5. The van der Waals surface area contributed by atoms with Crippen LogP contribution in [0.4, 0.5) is 0 Å². The summed E-state index contributed by atoms with van der Waals surface area (Å²) in [5.74, 6) is 1.14. The summed E-state index contributed by atoms with van der Waals surface area (Å²) >= 11 is 0. The topological polar surface area (TPSA) is 32.3 Å². The van der Waals surface area contributed by atoms with Gasteiger partial charge in [-0.2, -0.15) is 0 Å². The zero-order valence-corrected chi connectivity index (χ0v) is 16.6. The summed E-state index contributed by atoms with van der Waals surface area (Å²) in [6.07, 6.45) is 13.2. The largest absolute Gasteiger partial charge is 0.314 e. The highest BCUT2D eigenvalue weighted by molar-refractivity contribution is 5.82. The van der Waals surface area contributed by atoms with Gasteiger partial charge in [0.15, 0.2) is 0 Å². The molecule has 142 valence electrons. The number of piperazine rings is 1. The van der Waals surface area contributed by atoms with Crippen LogP contribution in [0.15, 0.2) is 0 Å². The minimum atomic E-state index is 0.248. The normalized spacial score (nSPS) is 19.8. The number of Topliss-reactive ketones (excluding diaryl/α,β-unsaturated/α-hetero) is 1. The Morgan fingerprint density at radius 2 is 1.62 bits per heavy atom. The van der Waals surface area contributed by atoms with Crippen LogP contribution in [0.3, 0.4) is 0 Å². The molecule has 3 nitrogen and oxygen atoms in total. The SMILES string of the molecule is CC(C)C(=O)C1CCCCC1.CCCCCCCN1CCNCC1. The predicted molar refractivity (Wildman–Crippen MR) is 104 cm³/mol. The van der Waals surface area contributed by atoms with E-state index in [-0.39, 0.29) is 5.92 Å². The quantitative estimate of drug-likeness (QED) is 0.654. The van der Waals surface area contributed by atoms with E-state index in [0.717, 1.165) is 12.8 Å². The molecule has 0 amide bonds. The van der Waals surface area contributed by atoms with Gasteiger partial charge in [-0.1, -0.05) is 65.7 Å². The van der Waals surface area contributed by atoms with Crippen LogP contribution < -0.4 is 5.32 Å². The zero-order chi connectivity index (χ0) is 17.6. The highest BCUT2D eigenvalue weighted by Gasteiger charge is 2.22. The van der Waals surface area contributed by atoms with Crippen molar-refractivity contribution in [1.29, 1.82) is 0 Å². The van der Waals surface area contributed by atoms with E-state index in [9.17, 15) is 4.79 Å². The Labute approximate surface area is 151 Å². The van der Waals surface area contributed by atoms with Crippen molar-refractivity contribution in [3.63, 3.8) is 0 Å². The molecule has 2 rings (SSSR count). The van der Waals surface area contributed by atoms with Crippen molar-refractivity contribution in [1.82, 2.24) is 10.2 Å². The monoisotopic (exact) mass is 338 g/mol. The van der Waals surface area contributed by atoms with Crippen molar-refractivity contribution >= 4 is 5.78 Å². The minimum absolute atomic E-state index is 0.248. The van der Waals surface area contributed by atoms with Gasteiger partial charge in [0.2, 0.25) is 0 Å². The van der Waals surface area contributed by atoms with Crippen molar-refractivity contribution in [2.75, 3.05) is 32.7 Å². The van der Waals surface area contributed by atoms with E-state index in [1.54, 1.807) is 0 Å². The average Bonchev–Trinajstić information content (AvgIpc) is 2.63. The summed E-state index contributed by atoms with van der Waals surface area (Å²) in [5, 5.41) is 3.38. The molecule has 24 heavy (non-hydrogen) atoms. The van der Waals surface area contributed by atoms with Gasteiger partial charge in [-0.15, -0.1) is 0 Å². The Balaban J connectivity index is 0.000000243. The lowest BCUT2D eigenvalue weighted by Gasteiger charge is -2.26. The second kappa shape index (κ2) is 13.8.